The molecule has 0 aromatic rings. The molecule has 7 atom stereocenters. The summed E-state index contributed by atoms with van der Waals surface area (Å²) in [6.07, 6.45) is 3.79. The van der Waals surface area contributed by atoms with E-state index in [0.717, 1.165) is 12.8 Å². The van der Waals surface area contributed by atoms with Gasteiger partial charge in [-0.25, -0.2) is 9.59 Å². The molecule has 1 saturated carbocycles. The van der Waals surface area contributed by atoms with E-state index in [9.17, 15) is 9.59 Å². The summed E-state index contributed by atoms with van der Waals surface area (Å²) in [6.45, 7) is 7.41. The molecule has 1 spiro atoms. The fourth-order valence-electron chi connectivity index (χ4n) is 5.49. The number of likely N-dealkylation sites (tertiary alicyclic amines) is 1. The van der Waals surface area contributed by atoms with Crippen LogP contribution in [0.4, 0.5) is 4.79 Å². The Bertz CT molecular complexity index is 761. The third kappa shape index (κ3) is 4.66. The topological polar surface area (TPSA) is 110 Å². The van der Waals surface area contributed by atoms with Crippen molar-refractivity contribution in [2.45, 2.75) is 82.1 Å². The van der Waals surface area contributed by atoms with Crippen molar-refractivity contribution in [1.29, 1.82) is 0 Å². The maximum atomic E-state index is 12.9. The van der Waals surface area contributed by atoms with E-state index in [-0.39, 0.29) is 42.0 Å². The Morgan fingerprint density at radius 1 is 1.28 bits per heavy atom. The van der Waals surface area contributed by atoms with Crippen LogP contribution in [0.15, 0.2) is 11.6 Å². The van der Waals surface area contributed by atoms with Gasteiger partial charge in [0.15, 0.2) is 0 Å². The summed E-state index contributed by atoms with van der Waals surface area (Å²) in [5.41, 5.74) is 0.620. The highest BCUT2D eigenvalue weighted by Gasteiger charge is 2.72. The smallest absolute Gasteiger partial charge is 0.410 e. The molecule has 0 bridgehead atoms. The molecule has 32 heavy (non-hydrogen) atoms. The quantitative estimate of drug-likeness (QED) is 0.441. The normalized spacial score (nSPS) is 40.2. The van der Waals surface area contributed by atoms with E-state index in [1.807, 2.05) is 0 Å². The minimum Gasteiger partial charge on any atom is -0.480 e. The molecule has 1 N–H and O–H groups in total. The fraction of sp³-hybridized carbons (Fsp3) is 0.826. The lowest BCUT2D eigenvalue weighted by molar-refractivity contribution is -0.144. The lowest BCUT2D eigenvalue weighted by Crippen LogP contribution is -2.56. The van der Waals surface area contributed by atoms with Crippen LogP contribution in [0.3, 0.4) is 0 Å². The molecule has 3 heterocycles. The highest BCUT2D eigenvalue weighted by molar-refractivity contribution is 5.69. The summed E-state index contributed by atoms with van der Waals surface area (Å²) < 4.78 is 29.3. The van der Waals surface area contributed by atoms with E-state index in [2.05, 4.69) is 26.8 Å². The first-order valence-corrected chi connectivity index (χ1v) is 11.5. The first kappa shape index (κ1) is 23.5. The third-order valence-electron chi connectivity index (χ3n) is 7.33. The molecule has 3 saturated heterocycles. The zero-order chi connectivity index (χ0) is 23.1. The predicted octanol–water partition coefficient (Wildman–Crippen LogP) is 2.37. The van der Waals surface area contributed by atoms with Gasteiger partial charge in [-0.1, -0.05) is 11.6 Å². The highest BCUT2D eigenvalue weighted by Crippen LogP contribution is 2.59. The van der Waals surface area contributed by atoms with Gasteiger partial charge in [-0.2, -0.15) is 0 Å². The number of carbonyl (C=O) groups is 2. The Kier molecular flexibility index (Phi) is 6.55. The van der Waals surface area contributed by atoms with Gasteiger partial charge in [-0.05, 0) is 46.5 Å². The van der Waals surface area contributed by atoms with Crippen LogP contribution in [0.25, 0.3) is 0 Å². The number of methoxy groups -OCH3 is 1. The van der Waals surface area contributed by atoms with Crippen LogP contribution < -0.4 is 0 Å². The second-order valence-corrected chi connectivity index (χ2v) is 9.86. The molecule has 4 fully saturated rings. The van der Waals surface area contributed by atoms with Gasteiger partial charge in [0.2, 0.25) is 0 Å². The van der Waals surface area contributed by atoms with Crippen LogP contribution in [0.1, 0.15) is 46.5 Å². The van der Waals surface area contributed by atoms with Gasteiger partial charge in [0, 0.05) is 13.7 Å². The van der Waals surface area contributed by atoms with Crippen LogP contribution in [0, 0.1) is 5.92 Å². The number of hydrogen-bond acceptors (Lipinski definition) is 7. The number of hydrogen-bond donors (Lipinski definition) is 1. The molecule has 4 rings (SSSR count). The first-order chi connectivity index (χ1) is 15.2. The maximum absolute atomic E-state index is 12.9. The average Bonchev–Trinajstić information content (AvgIpc) is 3.59. The summed E-state index contributed by atoms with van der Waals surface area (Å²) in [6, 6.07) is 0. The molecule has 4 aliphatic rings. The second-order valence-electron chi connectivity index (χ2n) is 9.86. The first-order valence-electron chi connectivity index (χ1n) is 11.5. The highest BCUT2D eigenvalue weighted by atomic mass is 16.6. The van der Waals surface area contributed by atoms with Gasteiger partial charge in [0.1, 0.15) is 30.0 Å². The minimum absolute atomic E-state index is 0.0210. The Morgan fingerprint density at radius 2 is 2.03 bits per heavy atom. The number of nitrogens with zero attached hydrogens (tertiary/aromatic N) is 1. The van der Waals surface area contributed by atoms with Gasteiger partial charge in [0.25, 0.3) is 0 Å². The molecule has 1 amide bonds. The van der Waals surface area contributed by atoms with E-state index in [1.54, 1.807) is 12.0 Å². The van der Waals surface area contributed by atoms with Crippen LogP contribution in [-0.4, -0.2) is 91.1 Å². The number of rotatable bonds is 8. The van der Waals surface area contributed by atoms with Gasteiger partial charge < -0.3 is 33.7 Å². The summed E-state index contributed by atoms with van der Waals surface area (Å²) in [5, 5.41) is 8.78. The van der Waals surface area contributed by atoms with Gasteiger partial charge in [-0.15, -0.1) is 0 Å². The molecule has 1 unspecified atom stereocenters. The van der Waals surface area contributed by atoms with Gasteiger partial charge >= 0.3 is 12.1 Å². The van der Waals surface area contributed by atoms with Crippen molar-refractivity contribution >= 4 is 12.1 Å². The molecular weight excluding hydrogens is 418 g/mol. The van der Waals surface area contributed by atoms with E-state index in [0.29, 0.717) is 32.5 Å². The number of carboxylic acids is 1. The monoisotopic (exact) mass is 453 g/mol. The second kappa shape index (κ2) is 8.93. The number of ether oxygens (including phenoxy) is 5. The van der Waals surface area contributed by atoms with Crippen molar-refractivity contribution in [2.75, 3.05) is 33.4 Å². The van der Waals surface area contributed by atoms with Gasteiger partial charge in [-0.3, -0.25) is 0 Å². The zero-order valence-electron chi connectivity index (χ0n) is 19.4. The molecule has 0 aromatic carbocycles. The largest absolute Gasteiger partial charge is 0.480 e. The summed E-state index contributed by atoms with van der Waals surface area (Å²) in [4.78, 5) is 25.1. The van der Waals surface area contributed by atoms with Gasteiger partial charge in [0.05, 0.1) is 31.3 Å². The van der Waals surface area contributed by atoms with E-state index in [4.69, 9.17) is 28.8 Å². The van der Waals surface area contributed by atoms with Crippen LogP contribution in [0.2, 0.25) is 0 Å². The SMILES string of the molecule is CO[C@@H]1[C@H](OC(=O)N2CCC(OCC(=O)O)C2)CC[C@]2(CO2)[C@H]1[C@@]1(C)O[C@@H]1CC=C(C)C. The number of carbonyl (C=O) groups excluding carboxylic acids is 1. The van der Waals surface area contributed by atoms with Crippen LogP contribution >= 0.6 is 0 Å². The van der Waals surface area contributed by atoms with Crippen molar-refractivity contribution in [3.8, 4) is 0 Å². The Hall–Kier alpha value is -1.68. The predicted molar refractivity (Wildman–Crippen MR) is 113 cm³/mol. The summed E-state index contributed by atoms with van der Waals surface area (Å²) >= 11 is 0. The number of amides is 1. The Labute approximate surface area is 188 Å². The van der Waals surface area contributed by atoms with Crippen molar-refractivity contribution in [2.24, 2.45) is 5.92 Å². The Balaban J connectivity index is 1.39. The van der Waals surface area contributed by atoms with Crippen molar-refractivity contribution < 1.29 is 38.4 Å². The number of carboxylic acid groups (broad SMARTS) is 1. The van der Waals surface area contributed by atoms with E-state index < -0.39 is 18.2 Å². The van der Waals surface area contributed by atoms with E-state index >= 15 is 0 Å². The molecular formula is C23H35NO8. The molecule has 180 valence electrons. The molecule has 1 aliphatic carbocycles. The molecule has 0 radical (unpaired) electrons. The summed E-state index contributed by atoms with van der Waals surface area (Å²) in [7, 11) is 1.66. The standard InChI is InChI=1S/C23H35NO8/c1-14(2)5-6-17-22(3,32-17)20-19(28-4)16(7-9-23(20)13-30-23)31-21(27)24-10-8-15(11-24)29-12-18(25)26/h5,15-17,19-20H,6-13H2,1-4H3,(H,25,26)/t15?,16-,17-,19-,20-,22+,23+/m1/s1. The molecule has 3 aliphatic heterocycles. The van der Waals surface area contributed by atoms with E-state index in [1.165, 1.54) is 5.57 Å². The minimum atomic E-state index is -1.02. The lowest BCUT2D eigenvalue weighted by atomic mass is 9.68. The zero-order valence-corrected chi connectivity index (χ0v) is 19.4. The van der Waals surface area contributed by atoms with Crippen LogP contribution in [-0.2, 0) is 28.5 Å². The maximum Gasteiger partial charge on any atom is 0.410 e. The van der Waals surface area contributed by atoms with Crippen LogP contribution in [0.5, 0.6) is 0 Å². The molecule has 9 nitrogen and oxygen atoms in total. The van der Waals surface area contributed by atoms with Crippen molar-refractivity contribution in [3.05, 3.63) is 11.6 Å². The number of epoxide rings is 2. The Morgan fingerprint density at radius 3 is 2.66 bits per heavy atom. The lowest BCUT2D eigenvalue weighted by Gasteiger charge is -2.43. The molecule has 0 aromatic heterocycles. The number of allylic oxidation sites excluding steroid dienone is 1. The summed E-state index contributed by atoms with van der Waals surface area (Å²) in [5.74, 6) is -1.04. The van der Waals surface area contributed by atoms with Crippen molar-refractivity contribution in [1.82, 2.24) is 4.90 Å². The number of aliphatic carboxylic acids is 1. The van der Waals surface area contributed by atoms with Crippen molar-refractivity contribution in [3.63, 3.8) is 0 Å². The fourth-order valence-corrected chi connectivity index (χ4v) is 5.49. The average molecular weight is 454 g/mol. The third-order valence-corrected chi connectivity index (χ3v) is 7.33. The molecule has 9 heteroatoms.